The molecule has 0 spiro atoms. The molecule has 16 heavy (non-hydrogen) atoms. The Morgan fingerprint density at radius 3 is 2.62 bits per heavy atom. The van der Waals surface area contributed by atoms with Crippen molar-refractivity contribution in [3.63, 3.8) is 0 Å². The molecule has 0 bridgehead atoms. The molecular weight excluding hydrogens is 223 g/mol. The van der Waals surface area contributed by atoms with E-state index in [1.807, 2.05) is 0 Å². The van der Waals surface area contributed by atoms with Crippen LogP contribution in [0.3, 0.4) is 0 Å². The summed E-state index contributed by atoms with van der Waals surface area (Å²) in [7, 11) is 1.47. The molecule has 0 radical (unpaired) electrons. The third kappa shape index (κ3) is 2.98. The third-order valence-corrected chi connectivity index (χ3v) is 2.10. The zero-order valence-corrected chi connectivity index (χ0v) is 8.93. The Balaban J connectivity index is 2.75. The van der Waals surface area contributed by atoms with Crippen molar-refractivity contribution in [2.24, 2.45) is 0 Å². The molecule has 0 aromatic carbocycles. The van der Waals surface area contributed by atoms with E-state index in [9.17, 15) is 18.0 Å². The van der Waals surface area contributed by atoms with Crippen LogP contribution < -0.4 is 5.32 Å². The van der Waals surface area contributed by atoms with Crippen molar-refractivity contribution in [3.05, 3.63) is 17.5 Å². The minimum absolute atomic E-state index is 0.107. The van der Waals surface area contributed by atoms with E-state index in [1.54, 1.807) is 0 Å². The summed E-state index contributed by atoms with van der Waals surface area (Å²) in [5.41, 5.74) is -0.543. The number of amides is 1. The second-order valence-corrected chi connectivity index (χ2v) is 3.32. The molecule has 0 saturated carbocycles. The molecule has 0 saturated heterocycles. The summed E-state index contributed by atoms with van der Waals surface area (Å²) in [6.07, 6.45) is -4.33. The van der Waals surface area contributed by atoms with Crippen molar-refractivity contribution in [1.82, 2.24) is 15.1 Å². The topological polar surface area (TPSA) is 46.9 Å². The molecule has 1 rings (SSSR count). The average molecular weight is 235 g/mol. The van der Waals surface area contributed by atoms with Gasteiger partial charge < -0.3 is 5.32 Å². The summed E-state index contributed by atoms with van der Waals surface area (Å²) < 4.78 is 38.1. The van der Waals surface area contributed by atoms with Gasteiger partial charge in [0.1, 0.15) is 0 Å². The monoisotopic (exact) mass is 235 g/mol. The van der Waals surface area contributed by atoms with Crippen LogP contribution in [0.25, 0.3) is 0 Å². The number of halogens is 3. The van der Waals surface area contributed by atoms with Crippen LogP contribution >= 0.6 is 0 Å². The first-order valence-corrected chi connectivity index (χ1v) is 4.67. The fourth-order valence-electron chi connectivity index (χ4n) is 1.21. The maximum Gasteiger partial charge on any atom is 0.435 e. The van der Waals surface area contributed by atoms with E-state index in [-0.39, 0.29) is 18.9 Å². The summed E-state index contributed by atoms with van der Waals surface area (Å²) in [5, 5.41) is 5.79. The van der Waals surface area contributed by atoms with Gasteiger partial charge in [-0.3, -0.25) is 9.48 Å². The van der Waals surface area contributed by atoms with Crippen molar-refractivity contribution in [1.29, 1.82) is 0 Å². The maximum absolute atomic E-state index is 12.3. The van der Waals surface area contributed by atoms with Gasteiger partial charge in [0.15, 0.2) is 5.69 Å². The minimum Gasteiger partial charge on any atom is -0.359 e. The highest BCUT2D eigenvalue weighted by molar-refractivity contribution is 5.75. The number of nitrogens with zero attached hydrogens (tertiary/aromatic N) is 2. The molecule has 0 aliphatic carbocycles. The smallest absolute Gasteiger partial charge is 0.359 e. The lowest BCUT2D eigenvalue weighted by Gasteiger charge is -2.03. The standard InChI is InChI=1S/C9H12F3N3O/c1-6-5-7(9(10,11)12)14-15(6)4-3-8(16)13-2/h5H,3-4H2,1-2H3,(H,13,16). The minimum atomic E-state index is -4.44. The van der Waals surface area contributed by atoms with Gasteiger partial charge in [0, 0.05) is 25.7 Å². The molecule has 0 atom stereocenters. The molecule has 4 nitrogen and oxygen atoms in total. The predicted molar refractivity (Wildman–Crippen MR) is 50.6 cm³/mol. The molecule has 0 aliphatic rings. The van der Waals surface area contributed by atoms with E-state index in [1.165, 1.54) is 18.7 Å². The molecule has 0 fully saturated rings. The lowest BCUT2D eigenvalue weighted by molar-refractivity contribution is -0.141. The molecule has 1 amide bonds. The van der Waals surface area contributed by atoms with Crippen LogP contribution in [0.2, 0.25) is 0 Å². The van der Waals surface area contributed by atoms with Crippen molar-refractivity contribution in [2.45, 2.75) is 26.1 Å². The first-order chi connectivity index (χ1) is 7.34. The van der Waals surface area contributed by atoms with Gasteiger partial charge in [-0.1, -0.05) is 0 Å². The molecule has 90 valence electrons. The second-order valence-electron chi connectivity index (χ2n) is 3.32. The molecule has 1 aromatic rings. The quantitative estimate of drug-likeness (QED) is 0.859. The Hall–Kier alpha value is -1.53. The molecule has 1 heterocycles. The Kier molecular flexibility index (Phi) is 3.56. The molecule has 0 unspecified atom stereocenters. The summed E-state index contributed by atoms with van der Waals surface area (Å²) in [4.78, 5) is 10.9. The normalized spacial score (nSPS) is 11.6. The van der Waals surface area contributed by atoms with Gasteiger partial charge in [0.05, 0.1) is 0 Å². The number of aryl methyl sites for hydroxylation is 2. The number of hydrogen-bond acceptors (Lipinski definition) is 2. The maximum atomic E-state index is 12.3. The predicted octanol–water partition coefficient (Wildman–Crippen LogP) is 1.35. The van der Waals surface area contributed by atoms with Crippen LogP contribution in [0.4, 0.5) is 13.2 Å². The number of carbonyl (C=O) groups excluding carboxylic acids is 1. The van der Waals surface area contributed by atoms with Crippen molar-refractivity contribution in [3.8, 4) is 0 Å². The summed E-state index contributed by atoms with van der Waals surface area (Å²) in [6.45, 7) is 1.66. The van der Waals surface area contributed by atoms with Gasteiger partial charge in [0.2, 0.25) is 5.91 Å². The Labute approximate surface area is 90.4 Å². The number of hydrogen-bond donors (Lipinski definition) is 1. The van der Waals surface area contributed by atoms with E-state index in [0.717, 1.165) is 6.07 Å². The van der Waals surface area contributed by atoms with Crippen LogP contribution in [-0.4, -0.2) is 22.7 Å². The lowest BCUT2D eigenvalue weighted by atomic mass is 10.3. The van der Waals surface area contributed by atoms with E-state index in [4.69, 9.17) is 0 Å². The molecular formula is C9H12F3N3O. The number of carbonyl (C=O) groups is 1. The second kappa shape index (κ2) is 4.54. The van der Waals surface area contributed by atoms with Crippen molar-refractivity contribution >= 4 is 5.91 Å². The number of aromatic nitrogens is 2. The first kappa shape index (κ1) is 12.5. The van der Waals surface area contributed by atoms with E-state index < -0.39 is 11.9 Å². The highest BCUT2D eigenvalue weighted by atomic mass is 19.4. The molecule has 1 N–H and O–H groups in total. The van der Waals surface area contributed by atoms with Crippen LogP contribution in [0.15, 0.2) is 6.07 Å². The Morgan fingerprint density at radius 2 is 2.19 bits per heavy atom. The Bertz CT molecular complexity index is 384. The van der Waals surface area contributed by atoms with E-state index in [0.29, 0.717) is 5.69 Å². The van der Waals surface area contributed by atoms with Gasteiger partial charge in [-0.15, -0.1) is 0 Å². The molecule has 1 aromatic heterocycles. The van der Waals surface area contributed by atoms with E-state index in [2.05, 4.69) is 10.4 Å². The van der Waals surface area contributed by atoms with E-state index >= 15 is 0 Å². The van der Waals surface area contributed by atoms with Gasteiger partial charge in [-0.2, -0.15) is 18.3 Å². The summed E-state index contributed by atoms with van der Waals surface area (Å²) in [5.74, 6) is -0.233. The highest BCUT2D eigenvalue weighted by Gasteiger charge is 2.34. The zero-order chi connectivity index (χ0) is 12.3. The molecule has 7 heteroatoms. The first-order valence-electron chi connectivity index (χ1n) is 4.67. The third-order valence-electron chi connectivity index (χ3n) is 2.10. The van der Waals surface area contributed by atoms with Gasteiger partial charge >= 0.3 is 6.18 Å². The van der Waals surface area contributed by atoms with Crippen molar-refractivity contribution < 1.29 is 18.0 Å². The molecule has 0 aliphatic heterocycles. The lowest BCUT2D eigenvalue weighted by Crippen LogP contribution is -2.20. The SMILES string of the molecule is CNC(=O)CCn1nc(C(F)(F)F)cc1C. The van der Waals surface area contributed by atoms with Crippen LogP contribution in [-0.2, 0) is 17.5 Å². The Morgan fingerprint density at radius 1 is 1.56 bits per heavy atom. The van der Waals surface area contributed by atoms with Crippen LogP contribution in [0.5, 0.6) is 0 Å². The number of rotatable bonds is 3. The van der Waals surface area contributed by atoms with Crippen LogP contribution in [0, 0.1) is 6.92 Å². The average Bonchev–Trinajstić information content (AvgIpc) is 2.56. The van der Waals surface area contributed by atoms with Crippen LogP contribution in [0.1, 0.15) is 17.8 Å². The summed E-state index contributed by atoms with van der Waals surface area (Å²) in [6, 6.07) is 0.962. The summed E-state index contributed by atoms with van der Waals surface area (Å²) >= 11 is 0. The van der Waals surface area contributed by atoms with Gasteiger partial charge in [-0.25, -0.2) is 0 Å². The zero-order valence-electron chi connectivity index (χ0n) is 8.93. The van der Waals surface area contributed by atoms with Gasteiger partial charge in [0.25, 0.3) is 0 Å². The van der Waals surface area contributed by atoms with Gasteiger partial charge in [-0.05, 0) is 13.0 Å². The highest BCUT2D eigenvalue weighted by Crippen LogP contribution is 2.28. The fourth-order valence-corrected chi connectivity index (χ4v) is 1.21. The van der Waals surface area contributed by atoms with Crippen molar-refractivity contribution in [2.75, 3.05) is 7.05 Å². The number of nitrogens with one attached hydrogen (secondary N) is 1. The fraction of sp³-hybridized carbons (Fsp3) is 0.556. The number of alkyl halides is 3. The largest absolute Gasteiger partial charge is 0.435 e.